The Kier molecular flexibility index (Phi) is 4.13. The highest BCUT2D eigenvalue weighted by molar-refractivity contribution is 5.34. The Morgan fingerprint density at radius 3 is 2.82 bits per heavy atom. The highest BCUT2D eigenvalue weighted by Gasteiger charge is 2.26. The van der Waals surface area contributed by atoms with Gasteiger partial charge >= 0.3 is 0 Å². The molecule has 0 amide bonds. The molecule has 0 spiro atoms. The zero-order valence-electron chi connectivity index (χ0n) is 10.1. The Hall–Kier alpha value is -1.37. The number of hydrogen-bond donors (Lipinski definition) is 1. The van der Waals surface area contributed by atoms with E-state index in [-0.39, 0.29) is 12.7 Å². The standard InChI is InChI=1S/C14H18N2O/c1-2-16-13-7-8-14(17-10-9-15)12-6-4-3-5-11(12)13/h3-6,13-14,16H,2,7-8,10H2,1H3/t13-,14?/m0/s1. The molecule has 0 aromatic heterocycles. The maximum atomic E-state index is 8.59. The molecule has 1 N–H and O–H groups in total. The first kappa shape index (κ1) is 12.1. The van der Waals surface area contributed by atoms with E-state index < -0.39 is 0 Å². The van der Waals surface area contributed by atoms with E-state index in [1.807, 2.05) is 12.1 Å². The molecular weight excluding hydrogens is 212 g/mol. The molecule has 3 heteroatoms. The van der Waals surface area contributed by atoms with E-state index in [9.17, 15) is 0 Å². The van der Waals surface area contributed by atoms with Crippen molar-refractivity contribution in [1.82, 2.24) is 5.32 Å². The minimum absolute atomic E-state index is 0.0840. The number of nitriles is 1. The van der Waals surface area contributed by atoms with Crippen LogP contribution in [0, 0.1) is 11.3 Å². The van der Waals surface area contributed by atoms with Gasteiger partial charge in [-0.15, -0.1) is 0 Å². The molecule has 1 aromatic rings. The second-order valence-corrected chi connectivity index (χ2v) is 4.27. The van der Waals surface area contributed by atoms with E-state index in [0.717, 1.165) is 19.4 Å². The van der Waals surface area contributed by atoms with E-state index in [4.69, 9.17) is 10.00 Å². The largest absolute Gasteiger partial charge is 0.359 e. The summed E-state index contributed by atoms with van der Waals surface area (Å²) in [4.78, 5) is 0. The maximum Gasteiger partial charge on any atom is 0.134 e. The summed E-state index contributed by atoms with van der Waals surface area (Å²) >= 11 is 0. The van der Waals surface area contributed by atoms with E-state index >= 15 is 0 Å². The lowest BCUT2D eigenvalue weighted by molar-refractivity contribution is 0.0588. The van der Waals surface area contributed by atoms with Gasteiger partial charge in [0.15, 0.2) is 0 Å². The molecule has 1 aromatic carbocycles. The lowest BCUT2D eigenvalue weighted by Crippen LogP contribution is -2.27. The van der Waals surface area contributed by atoms with Crippen LogP contribution < -0.4 is 5.32 Å². The van der Waals surface area contributed by atoms with E-state index in [0.29, 0.717) is 6.04 Å². The molecule has 0 aliphatic heterocycles. The number of hydrogen-bond acceptors (Lipinski definition) is 3. The Balaban J connectivity index is 2.21. The van der Waals surface area contributed by atoms with Crippen LogP contribution in [0.4, 0.5) is 0 Å². The topological polar surface area (TPSA) is 45.0 Å². The van der Waals surface area contributed by atoms with Crippen LogP contribution in [0.15, 0.2) is 24.3 Å². The highest BCUT2D eigenvalue weighted by Crippen LogP contribution is 2.37. The Morgan fingerprint density at radius 2 is 2.12 bits per heavy atom. The van der Waals surface area contributed by atoms with Crippen molar-refractivity contribution in [3.63, 3.8) is 0 Å². The molecule has 0 saturated carbocycles. The number of nitrogens with zero attached hydrogens (tertiary/aromatic N) is 1. The third-order valence-corrected chi connectivity index (χ3v) is 3.24. The number of rotatable bonds is 4. The molecule has 0 radical (unpaired) electrons. The molecule has 0 saturated heterocycles. The van der Waals surface area contributed by atoms with Crippen molar-refractivity contribution in [3.8, 4) is 6.07 Å². The molecule has 2 rings (SSSR count). The normalized spacial score (nSPS) is 22.8. The summed E-state index contributed by atoms with van der Waals surface area (Å²) in [6, 6.07) is 10.8. The van der Waals surface area contributed by atoms with Gasteiger partial charge in [0.25, 0.3) is 0 Å². The second kappa shape index (κ2) is 5.81. The van der Waals surface area contributed by atoms with Gasteiger partial charge < -0.3 is 10.1 Å². The van der Waals surface area contributed by atoms with Crippen LogP contribution in [0.2, 0.25) is 0 Å². The fraction of sp³-hybridized carbons (Fsp3) is 0.500. The van der Waals surface area contributed by atoms with Gasteiger partial charge in [-0.25, -0.2) is 0 Å². The van der Waals surface area contributed by atoms with Gasteiger partial charge in [0.05, 0.1) is 12.2 Å². The number of nitrogens with one attached hydrogen (secondary N) is 1. The van der Waals surface area contributed by atoms with Crippen LogP contribution >= 0.6 is 0 Å². The van der Waals surface area contributed by atoms with Gasteiger partial charge in [-0.05, 0) is 30.5 Å². The van der Waals surface area contributed by atoms with Crippen molar-refractivity contribution < 1.29 is 4.74 Å². The van der Waals surface area contributed by atoms with Gasteiger partial charge in [-0.1, -0.05) is 31.2 Å². The number of fused-ring (bicyclic) bond motifs is 1. The van der Waals surface area contributed by atoms with Crippen molar-refractivity contribution in [2.24, 2.45) is 0 Å². The third-order valence-electron chi connectivity index (χ3n) is 3.24. The summed E-state index contributed by atoms with van der Waals surface area (Å²) in [5, 5.41) is 12.1. The van der Waals surface area contributed by atoms with Crippen LogP contribution in [0.1, 0.15) is 43.0 Å². The molecule has 0 fully saturated rings. The van der Waals surface area contributed by atoms with Gasteiger partial charge in [0, 0.05) is 6.04 Å². The maximum absolute atomic E-state index is 8.59. The van der Waals surface area contributed by atoms with Crippen molar-refractivity contribution >= 4 is 0 Å². The number of ether oxygens (including phenoxy) is 1. The highest BCUT2D eigenvalue weighted by atomic mass is 16.5. The van der Waals surface area contributed by atoms with Crippen molar-refractivity contribution in [2.75, 3.05) is 13.2 Å². The Morgan fingerprint density at radius 1 is 1.35 bits per heavy atom. The summed E-state index contributed by atoms with van der Waals surface area (Å²) in [5.41, 5.74) is 2.56. The second-order valence-electron chi connectivity index (χ2n) is 4.27. The average molecular weight is 230 g/mol. The van der Waals surface area contributed by atoms with Crippen LogP contribution in [0.25, 0.3) is 0 Å². The van der Waals surface area contributed by atoms with Gasteiger partial charge in [-0.2, -0.15) is 5.26 Å². The fourth-order valence-corrected chi connectivity index (χ4v) is 2.52. The molecule has 0 bridgehead atoms. The smallest absolute Gasteiger partial charge is 0.134 e. The molecule has 2 atom stereocenters. The van der Waals surface area contributed by atoms with E-state index in [1.165, 1.54) is 11.1 Å². The summed E-state index contributed by atoms with van der Waals surface area (Å²) in [6.07, 6.45) is 2.14. The molecule has 1 unspecified atom stereocenters. The summed E-state index contributed by atoms with van der Waals surface area (Å²) < 4.78 is 5.60. The first-order valence-corrected chi connectivity index (χ1v) is 6.17. The first-order valence-electron chi connectivity index (χ1n) is 6.17. The fourth-order valence-electron chi connectivity index (χ4n) is 2.52. The zero-order valence-corrected chi connectivity index (χ0v) is 10.1. The third kappa shape index (κ3) is 2.66. The van der Waals surface area contributed by atoms with Gasteiger partial charge in [0.1, 0.15) is 6.61 Å². The zero-order chi connectivity index (χ0) is 12.1. The minimum atomic E-state index is 0.0840. The quantitative estimate of drug-likeness (QED) is 0.865. The lowest BCUT2D eigenvalue weighted by atomic mass is 9.85. The molecule has 17 heavy (non-hydrogen) atoms. The molecular formula is C14H18N2O. The monoisotopic (exact) mass is 230 g/mol. The summed E-state index contributed by atoms with van der Waals surface area (Å²) in [7, 11) is 0. The lowest BCUT2D eigenvalue weighted by Gasteiger charge is -2.31. The van der Waals surface area contributed by atoms with Gasteiger partial charge in [-0.3, -0.25) is 0 Å². The predicted octanol–water partition coefficient (Wildman–Crippen LogP) is 2.71. The van der Waals surface area contributed by atoms with Crippen molar-refractivity contribution in [1.29, 1.82) is 5.26 Å². The SMILES string of the molecule is CCN[C@H]1CCC(OCC#N)c2ccccc21. The predicted molar refractivity (Wildman–Crippen MR) is 66.4 cm³/mol. The Labute approximate surface area is 102 Å². The van der Waals surface area contributed by atoms with Crippen LogP contribution in [0.5, 0.6) is 0 Å². The summed E-state index contributed by atoms with van der Waals surface area (Å²) in [5.74, 6) is 0. The van der Waals surface area contributed by atoms with Crippen LogP contribution in [-0.2, 0) is 4.74 Å². The number of benzene rings is 1. The minimum Gasteiger partial charge on any atom is -0.359 e. The molecule has 1 aliphatic carbocycles. The van der Waals surface area contributed by atoms with E-state index in [1.54, 1.807) is 0 Å². The van der Waals surface area contributed by atoms with Crippen molar-refractivity contribution in [3.05, 3.63) is 35.4 Å². The van der Waals surface area contributed by atoms with Crippen LogP contribution in [0.3, 0.4) is 0 Å². The first-order chi connectivity index (χ1) is 8.36. The molecule has 3 nitrogen and oxygen atoms in total. The van der Waals surface area contributed by atoms with E-state index in [2.05, 4.69) is 30.4 Å². The molecule has 90 valence electrons. The molecule has 0 heterocycles. The molecule has 1 aliphatic rings. The summed E-state index contributed by atoms with van der Waals surface area (Å²) in [6.45, 7) is 3.27. The van der Waals surface area contributed by atoms with Crippen LogP contribution in [-0.4, -0.2) is 13.2 Å². The van der Waals surface area contributed by atoms with Gasteiger partial charge in [0.2, 0.25) is 0 Å². The average Bonchev–Trinajstić information content (AvgIpc) is 2.38. The van der Waals surface area contributed by atoms with Crippen molar-refractivity contribution in [2.45, 2.75) is 31.9 Å². The Bertz CT molecular complexity index is 411.